The summed E-state index contributed by atoms with van der Waals surface area (Å²) in [5, 5.41) is 8.80. The highest BCUT2D eigenvalue weighted by Gasteiger charge is 2.35. The maximum absolute atomic E-state index is 11.6. The van der Waals surface area contributed by atoms with E-state index >= 15 is 0 Å². The molecule has 0 bridgehead atoms. The van der Waals surface area contributed by atoms with Crippen LogP contribution in [0.15, 0.2) is 0 Å². The van der Waals surface area contributed by atoms with Gasteiger partial charge in [-0.3, -0.25) is 9.69 Å². The van der Waals surface area contributed by atoms with Crippen molar-refractivity contribution in [2.24, 2.45) is 0 Å². The van der Waals surface area contributed by atoms with Gasteiger partial charge in [0.25, 0.3) is 0 Å². The van der Waals surface area contributed by atoms with Gasteiger partial charge in [-0.25, -0.2) is 4.79 Å². The average Bonchev–Trinajstić information content (AvgIpc) is 2.17. The van der Waals surface area contributed by atoms with Gasteiger partial charge in [0, 0.05) is 19.1 Å². The molecule has 2 saturated heterocycles. The summed E-state index contributed by atoms with van der Waals surface area (Å²) in [5.74, 6) is -0.0386. The van der Waals surface area contributed by atoms with Crippen LogP contribution in [0.1, 0.15) is 19.3 Å². The normalized spacial score (nSPS) is 27.4. The van der Waals surface area contributed by atoms with E-state index in [1.807, 2.05) is 4.90 Å². The quantitative estimate of drug-likeness (QED) is 0.611. The maximum Gasteiger partial charge on any atom is 0.407 e. The van der Waals surface area contributed by atoms with Crippen LogP contribution >= 0.6 is 0 Å². The third-order valence-electron chi connectivity index (χ3n) is 2.98. The van der Waals surface area contributed by atoms with Crippen LogP contribution in [0.25, 0.3) is 0 Å². The number of amides is 2. The van der Waals surface area contributed by atoms with Crippen molar-refractivity contribution in [3.05, 3.63) is 0 Å². The van der Waals surface area contributed by atoms with Gasteiger partial charge in [0.1, 0.15) is 6.54 Å². The SMILES string of the molecule is O=C(O)N1CC(=O)N2CCCC[C@H]2C1. The molecule has 0 spiro atoms. The molecule has 2 aliphatic rings. The summed E-state index contributed by atoms with van der Waals surface area (Å²) >= 11 is 0. The van der Waals surface area contributed by atoms with Gasteiger partial charge in [-0.15, -0.1) is 0 Å². The minimum absolute atomic E-state index is 0.0336. The topological polar surface area (TPSA) is 60.9 Å². The zero-order chi connectivity index (χ0) is 10.1. The molecule has 2 amide bonds. The van der Waals surface area contributed by atoms with Gasteiger partial charge in [0.2, 0.25) is 5.91 Å². The second-order valence-corrected chi connectivity index (χ2v) is 3.90. The lowest BCUT2D eigenvalue weighted by molar-refractivity contribution is -0.140. The summed E-state index contributed by atoms with van der Waals surface area (Å²) in [6.45, 7) is 1.32. The lowest BCUT2D eigenvalue weighted by Gasteiger charge is -2.42. The highest BCUT2D eigenvalue weighted by Crippen LogP contribution is 2.21. The molecule has 5 heteroatoms. The monoisotopic (exact) mass is 198 g/mol. The van der Waals surface area contributed by atoms with E-state index in [0.717, 1.165) is 25.8 Å². The summed E-state index contributed by atoms with van der Waals surface area (Å²) in [5.41, 5.74) is 0. The number of rotatable bonds is 0. The van der Waals surface area contributed by atoms with Gasteiger partial charge in [-0.2, -0.15) is 0 Å². The van der Waals surface area contributed by atoms with Gasteiger partial charge in [0.05, 0.1) is 0 Å². The van der Waals surface area contributed by atoms with Crippen LogP contribution in [0.2, 0.25) is 0 Å². The third kappa shape index (κ3) is 1.54. The Labute approximate surface area is 82.3 Å². The van der Waals surface area contributed by atoms with Crippen LogP contribution in [-0.4, -0.2) is 52.6 Å². The van der Waals surface area contributed by atoms with E-state index in [9.17, 15) is 9.59 Å². The average molecular weight is 198 g/mol. The molecule has 2 rings (SSSR count). The largest absolute Gasteiger partial charge is 0.465 e. The van der Waals surface area contributed by atoms with Crippen molar-refractivity contribution in [3.8, 4) is 0 Å². The molecule has 0 aliphatic carbocycles. The summed E-state index contributed by atoms with van der Waals surface area (Å²) in [6, 6.07) is 0.126. The number of hydrogen-bond acceptors (Lipinski definition) is 2. The fraction of sp³-hybridized carbons (Fsp3) is 0.778. The molecule has 0 aromatic heterocycles. The third-order valence-corrected chi connectivity index (χ3v) is 2.98. The Bertz CT molecular complexity index is 267. The molecule has 0 unspecified atom stereocenters. The van der Waals surface area contributed by atoms with Crippen LogP contribution in [0.5, 0.6) is 0 Å². The maximum atomic E-state index is 11.6. The molecule has 5 nitrogen and oxygen atoms in total. The summed E-state index contributed by atoms with van der Waals surface area (Å²) in [7, 11) is 0. The standard InChI is InChI=1S/C9H14N2O3/c12-8-6-10(9(13)14)5-7-3-1-2-4-11(7)8/h7H,1-6H2,(H,13,14)/t7-/m0/s1. The van der Waals surface area contributed by atoms with E-state index in [0.29, 0.717) is 6.54 Å². The van der Waals surface area contributed by atoms with Crippen molar-refractivity contribution in [2.75, 3.05) is 19.6 Å². The Hall–Kier alpha value is -1.26. The Morgan fingerprint density at radius 2 is 2.21 bits per heavy atom. The first-order valence-electron chi connectivity index (χ1n) is 4.96. The first-order chi connectivity index (χ1) is 6.68. The number of carboxylic acid groups (broad SMARTS) is 1. The molecule has 14 heavy (non-hydrogen) atoms. The van der Waals surface area contributed by atoms with E-state index in [1.165, 1.54) is 4.90 Å². The van der Waals surface area contributed by atoms with Gasteiger partial charge in [0.15, 0.2) is 0 Å². The fourth-order valence-corrected chi connectivity index (χ4v) is 2.24. The van der Waals surface area contributed by atoms with Crippen molar-refractivity contribution in [3.63, 3.8) is 0 Å². The van der Waals surface area contributed by atoms with Crippen molar-refractivity contribution >= 4 is 12.0 Å². The summed E-state index contributed by atoms with van der Waals surface area (Å²) in [4.78, 5) is 25.3. The molecular weight excluding hydrogens is 184 g/mol. The smallest absolute Gasteiger partial charge is 0.407 e. The number of piperidine rings is 1. The number of piperazine rings is 1. The van der Waals surface area contributed by atoms with Gasteiger partial charge >= 0.3 is 6.09 Å². The second-order valence-electron chi connectivity index (χ2n) is 3.90. The zero-order valence-corrected chi connectivity index (χ0v) is 7.98. The number of nitrogens with zero attached hydrogens (tertiary/aromatic N) is 2. The lowest BCUT2D eigenvalue weighted by Crippen LogP contribution is -2.58. The second kappa shape index (κ2) is 3.48. The first-order valence-corrected chi connectivity index (χ1v) is 4.96. The van der Waals surface area contributed by atoms with E-state index in [-0.39, 0.29) is 18.5 Å². The fourth-order valence-electron chi connectivity index (χ4n) is 2.24. The number of carbonyl (C=O) groups is 2. The number of hydrogen-bond donors (Lipinski definition) is 1. The first kappa shape index (κ1) is 9.30. The van der Waals surface area contributed by atoms with Crippen LogP contribution < -0.4 is 0 Å². The molecule has 78 valence electrons. The van der Waals surface area contributed by atoms with Crippen molar-refractivity contribution < 1.29 is 14.7 Å². The van der Waals surface area contributed by atoms with Crippen molar-refractivity contribution in [1.29, 1.82) is 0 Å². The Balaban J connectivity index is 2.08. The lowest BCUT2D eigenvalue weighted by atomic mass is 9.99. The molecule has 0 radical (unpaired) electrons. The Morgan fingerprint density at radius 1 is 1.43 bits per heavy atom. The van der Waals surface area contributed by atoms with Gasteiger partial charge in [-0.1, -0.05) is 0 Å². The number of carbonyl (C=O) groups excluding carboxylic acids is 1. The van der Waals surface area contributed by atoms with Crippen LogP contribution in [0.3, 0.4) is 0 Å². The predicted molar refractivity (Wildman–Crippen MR) is 48.9 cm³/mol. The molecule has 2 fully saturated rings. The van der Waals surface area contributed by atoms with E-state index < -0.39 is 6.09 Å². The highest BCUT2D eigenvalue weighted by molar-refractivity contribution is 5.83. The molecule has 1 N–H and O–H groups in total. The molecule has 1 atom stereocenters. The summed E-state index contributed by atoms with van der Waals surface area (Å²) in [6.07, 6.45) is 2.11. The van der Waals surface area contributed by atoms with Gasteiger partial charge in [-0.05, 0) is 19.3 Å². The van der Waals surface area contributed by atoms with Crippen LogP contribution in [-0.2, 0) is 4.79 Å². The molecule has 2 heterocycles. The predicted octanol–water partition coefficient (Wildman–Crippen LogP) is 0.361. The Kier molecular flexibility index (Phi) is 2.31. The molecule has 2 aliphatic heterocycles. The number of fused-ring (bicyclic) bond motifs is 1. The van der Waals surface area contributed by atoms with E-state index in [2.05, 4.69) is 0 Å². The minimum Gasteiger partial charge on any atom is -0.465 e. The van der Waals surface area contributed by atoms with Crippen LogP contribution in [0.4, 0.5) is 4.79 Å². The Morgan fingerprint density at radius 3 is 2.93 bits per heavy atom. The summed E-state index contributed by atoms with van der Waals surface area (Å²) < 4.78 is 0. The molecule has 0 aromatic rings. The highest BCUT2D eigenvalue weighted by atomic mass is 16.4. The van der Waals surface area contributed by atoms with Crippen LogP contribution in [0, 0.1) is 0 Å². The molecule has 0 saturated carbocycles. The minimum atomic E-state index is -0.983. The zero-order valence-electron chi connectivity index (χ0n) is 7.98. The van der Waals surface area contributed by atoms with E-state index in [4.69, 9.17) is 5.11 Å². The van der Waals surface area contributed by atoms with Crippen molar-refractivity contribution in [2.45, 2.75) is 25.3 Å². The van der Waals surface area contributed by atoms with Gasteiger partial charge < -0.3 is 10.0 Å². The molecule has 0 aromatic carbocycles. The molecular formula is C9H14N2O3. The van der Waals surface area contributed by atoms with E-state index in [1.54, 1.807) is 0 Å². The van der Waals surface area contributed by atoms with Crippen molar-refractivity contribution in [1.82, 2.24) is 9.80 Å².